The van der Waals surface area contributed by atoms with Crippen molar-refractivity contribution in [2.75, 3.05) is 6.54 Å². The van der Waals surface area contributed by atoms with Crippen LogP contribution in [0.4, 0.5) is 8.78 Å². The van der Waals surface area contributed by atoms with E-state index in [1.807, 2.05) is 37.3 Å². The van der Waals surface area contributed by atoms with Gasteiger partial charge in [-0.1, -0.05) is 36.4 Å². The number of halogens is 2. The molecular formula is C30H30F2N4O4. The first-order valence-corrected chi connectivity index (χ1v) is 13.6. The number of hydrogen-bond donors (Lipinski definition) is 1. The van der Waals surface area contributed by atoms with Crippen molar-refractivity contribution in [1.82, 2.24) is 19.7 Å². The summed E-state index contributed by atoms with van der Waals surface area (Å²) in [7, 11) is 0. The summed E-state index contributed by atoms with van der Waals surface area (Å²) in [4.78, 5) is 44.8. The molecule has 3 aromatic rings. The number of ether oxygens (including phenoxy) is 1. The smallest absolute Gasteiger partial charge is 0.276 e. The highest BCUT2D eigenvalue weighted by atomic mass is 19.1. The quantitative estimate of drug-likeness (QED) is 0.487. The van der Waals surface area contributed by atoms with Crippen LogP contribution in [0.3, 0.4) is 0 Å². The molecule has 0 radical (unpaired) electrons. The van der Waals surface area contributed by atoms with E-state index in [2.05, 4.69) is 5.32 Å². The van der Waals surface area contributed by atoms with Gasteiger partial charge in [0.1, 0.15) is 30.0 Å². The molecule has 8 nitrogen and oxygen atoms in total. The Morgan fingerprint density at radius 3 is 2.60 bits per heavy atom. The van der Waals surface area contributed by atoms with Crippen LogP contribution in [-0.4, -0.2) is 51.0 Å². The van der Waals surface area contributed by atoms with Crippen LogP contribution in [0.15, 0.2) is 59.5 Å². The summed E-state index contributed by atoms with van der Waals surface area (Å²) >= 11 is 0. The van der Waals surface area contributed by atoms with Crippen molar-refractivity contribution in [3.05, 3.63) is 99.0 Å². The molecule has 40 heavy (non-hydrogen) atoms. The van der Waals surface area contributed by atoms with Crippen LogP contribution >= 0.6 is 0 Å². The van der Waals surface area contributed by atoms with Gasteiger partial charge in [-0.25, -0.2) is 8.78 Å². The molecule has 6 rings (SSSR count). The number of amides is 2. The van der Waals surface area contributed by atoms with E-state index in [0.29, 0.717) is 6.54 Å². The minimum atomic E-state index is -0.754. The number of benzene rings is 2. The average molecular weight is 549 g/mol. The van der Waals surface area contributed by atoms with Crippen LogP contribution < -0.4 is 15.5 Å². The normalized spacial score (nSPS) is 20.1. The van der Waals surface area contributed by atoms with Gasteiger partial charge in [0.15, 0.2) is 11.4 Å². The van der Waals surface area contributed by atoms with Gasteiger partial charge in [-0.05, 0) is 44.4 Å². The molecule has 1 saturated carbocycles. The average Bonchev–Trinajstić information content (AvgIpc) is 3.78. The second-order valence-corrected chi connectivity index (χ2v) is 10.7. The lowest BCUT2D eigenvalue weighted by atomic mass is 10.0. The van der Waals surface area contributed by atoms with Gasteiger partial charge in [0.05, 0.1) is 6.54 Å². The summed E-state index contributed by atoms with van der Waals surface area (Å²) < 4.78 is 35.7. The molecule has 1 aliphatic carbocycles. The van der Waals surface area contributed by atoms with Gasteiger partial charge in [-0.2, -0.15) is 0 Å². The summed E-state index contributed by atoms with van der Waals surface area (Å²) in [5.41, 5.74) is 0.254. The fraction of sp³-hybridized carbons (Fsp3) is 0.367. The van der Waals surface area contributed by atoms with Crippen molar-refractivity contribution in [3.63, 3.8) is 0 Å². The van der Waals surface area contributed by atoms with Crippen LogP contribution in [0.1, 0.15) is 58.2 Å². The Labute approximate surface area is 230 Å². The summed E-state index contributed by atoms with van der Waals surface area (Å²) in [5, 5.41) is 3.36. The lowest BCUT2D eigenvalue weighted by Crippen LogP contribution is -2.62. The number of pyridine rings is 1. The zero-order valence-corrected chi connectivity index (χ0v) is 22.1. The molecule has 2 aliphatic heterocycles. The Balaban J connectivity index is 1.41. The van der Waals surface area contributed by atoms with Crippen molar-refractivity contribution in [1.29, 1.82) is 0 Å². The molecule has 0 spiro atoms. The van der Waals surface area contributed by atoms with Crippen LogP contribution in [0.2, 0.25) is 0 Å². The largest absolute Gasteiger partial charge is 0.483 e. The third kappa shape index (κ3) is 4.88. The second kappa shape index (κ2) is 10.5. The molecule has 2 atom stereocenters. The highest BCUT2D eigenvalue weighted by molar-refractivity contribution is 5.99. The van der Waals surface area contributed by atoms with E-state index < -0.39 is 23.0 Å². The topological polar surface area (TPSA) is 83.9 Å². The van der Waals surface area contributed by atoms with Gasteiger partial charge in [0.2, 0.25) is 5.43 Å². The van der Waals surface area contributed by atoms with Gasteiger partial charge < -0.3 is 19.1 Å². The van der Waals surface area contributed by atoms with E-state index in [4.69, 9.17) is 4.74 Å². The molecule has 208 valence electrons. The van der Waals surface area contributed by atoms with Crippen molar-refractivity contribution >= 4 is 11.8 Å². The van der Waals surface area contributed by atoms with Crippen LogP contribution in [0.25, 0.3) is 0 Å². The van der Waals surface area contributed by atoms with Gasteiger partial charge >= 0.3 is 0 Å². The monoisotopic (exact) mass is 548 g/mol. The zero-order chi connectivity index (χ0) is 28.0. The van der Waals surface area contributed by atoms with E-state index in [-0.39, 0.29) is 59.9 Å². The molecule has 10 heteroatoms. The van der Waals surface area contributed by atoms with Crippen molar-refractivity contribution < 1.29 is 23.1 Å². The van der Waals surface area contributed by atoms with Gasteiger partial charge in [-0.15, -0.1) is 0 Å². The number of rotatable bonds is 7. The minimum Gasteiger partial charge on any atom is -0.483 e. The molecule has 1 saturated heterocycles. The third-order valence-corrected chi connectivity index (χ3v) is 7.86. The SMILES string of the molecule is C[C@H]1CCNC2Cn3cc(C(=O)N(Cc4ccc(F)cc4F)C4CC4)c(=O)c(OCc4ccccc4)c3C(=O)N21. The predicted molar refractivity (Wildman–Crippen MR) is 143 cm³/mol. The molecule has 3 heterocycles. The number of nitrogens with zero attached hydrogens (tertiary/aromatic N) is 3. The summed E-state index contributed by atoms with van der Waals surface area (Å²) in [6, 6.07) is 12.3. The number of carbonyl (C=O) groups excluding carboxylic acids is 2. The van der Waals surface area contributed by atoms with Crippen molar-refractivity contribution in [2.24, 2.45) is 0 Å². The molecule has 1 aromatic heterocycles. The number of nitrogens with one attached hydrogen (secondary N) is 1. The number of fused-ring (bicyclic) bond motifs is 2. The summed E-state index contributed by atoms with van der Waals surface area (Å²) in [6.45, 7) is 2.99. The fourth-order valence-corrected chi connectivity index (χ4v) is 5.57. The third-order valence-electron chi connectivity index (χ3n) is 7.86. The first-order valence-electron chi connectivity index (χ1n) is 13.6. The first kappa shape index (κ1) is 26.2. The van der Waals surface area contributed by atoms with Crippen molar-refractivity contribution in [2.45, 2.75) is 64.1 Å². The molecule has 0 bridgehead atoms. The lowest BCUT2D eigenvalue weighted by molar-refractivity contribution is 0.0298. The van der Waals surface area contributed by atoms with Crippen LogP contribution in [0.5, 0.6) is 5.75 Å². The number of carbonyl (C=O) groups is 2. The maximum absolute atomic E-state index is 14.5. The molecule has 1 N–H and O–H groups in total. The standard InChI is InChI=1S/C30H30F2N4O4/c1-18-11-12-33-25-16-34-15-23(29(38)35(22-9-10-22)14-20-7-8-21(31)13-24(20)32)27(37)28(26(34)30(39)36(18)25)40-17-19-5-3-2-4-6-19/h2-8,13,15,18,22,25,33H,9-12,14,16-17H2,1H3/t18-,25?/m0/s1. The molecule has 2 amide bonds. The minimum absolute atomic E-state index is 0.0261. The second-order valence-electron chi connectivity index (χ2n) is 10.7. The van der Waals surface area contributed by atoms with Crippen molar-refractivity contribution in [3.8, 4) is 5.75 Å². The van der Waals surface area contributed by atoms with E-state index in [1.165, 1.54) is 17.2 Å². The summed E-state index contributed by atoms with van der Waals surface area (Å²) in [6.07, 6.45) is 3.36. The Morgan fingerprint density at radius 2 is 1.88 bits per heavy atom. The van der Waals surface area contributed by atoms with E-state index in [1.54, 1.807) is 9.47 Å². The highest BCUT2D eigenvalue weighted by Crippen LogP contribution is 2.32. The first-order chi connectivity index (χ1) is 19.3. The summed E-state index contributed by atoms with van der Waals surface area (Å²) in [5.74, 6) is -2.53. The predicted octanol–water partition coefficient (Wildman–Crippen LogP) is 3.67. The molecular weight excluding hydrogens is 518 g/mol. The van der Waals surface area contributed by atoms with Gasteiger partial charge in [-0.3, -0.25) is 19.7 Å². The number of hydrogen-bond acceptors (Lipinski definition) is 5. The van der Waals surface area contributed by atoms with Crippen LogP contribution in [-0.2, 0) is 19.7 Å². The van der Waals surface area contributed by atoms with Gasteiger partial charge in [0, 0.05) is 36.5 Å². The zero-order valence-electron chi connectivity index (χ0n) is 22.1. The molecule has 2 aromatic carbocycles. The Kier molecular flexibility index (Phi) is 6.87. The van der Waals surface area contributed by atoms with E-state index >= 15 is 0 Å². The Hall–Kier alpha value is -4.05. The molecule has 2 fully saturated rings. The Morgan fingerprint density at radius 1 is 1.10 bits per heavy atom. The maximum Gasteiger partial charge on any atom is 0.276 e. The lowest BCUT2D eigenvalue weighted by Gasteiger charge is -2.45. The van der Waals surface area contributed by atoms with Crippen LogP contribution in [0, 0.1) is 11.6 Å². The van der Waals surface area contributed by atoms with E-state index in [0.717, 1.165) is 43.5 Å². The fourth-order valence-electron chi connectivity index (χ4n) is 5.57. The number of aromatic nitrogens is 1. The highest BCUT2D eigenvalue weighted by Gasteiger charge is 2.42. The molecule has 1 unspecified atom stereocenters. The maximum atomic E-state index is 14.5. The Bertz CT molecular complexity index is 1520. The van der Waals surface area contributed by atoms with E-state index in [9.17, 15) is 23.2 Å². The molecule has 3 aliphatic rings. The van der Waals surface area contributed by atoms with Gasteiger partial charge in [0.25, 0.3) is 11.8 Å².